The van der Waals surface area contributed by atoms with Gasteiger partial charge in [0.05, 0.1) is 18.8 Å². The van der Waals surface area contributed by atoms with Crippen molar-refractivity contribution in [1.82, 2.24) is 0 Å². The molecular formula is C15H12F2O3. The maximum atomic E-state index is 13.6. The smallest absolute Gasteiger partial charge is 0.335 e. The summed E-state index contributed by atoms with van der Waals surface area (Å²) in [4.78, 5) is 10.7. The molecule has 0 amide bonds. The van der Waals surface area contributed by atoms with Gasteiger partial charge in [-0.1, -0.05) is 24.3 Å². The average molecular weight is 278 g/mol. The summed E-state index contributed by atoms with van der Waals surface area (Å²) in [6.45, 7) is -0.0349. The fraction of sp³-hybridized carbons (Fsp3) is 0.133. The lowest BCUT2D eigenvalue weighted by atomic mass is 10.1. The van der Waals surface area contributed by atoms with E-state index in [2.05, 4.69) is 0 Å². The minimum Gasteiger partial charge on any atom is -0.478 e. The fourth-order valence-electron chi connectivity index (χ4n) is 1.68. The number of benzene rings is 2. The first-order valence-electron chi connectivity index (χ1n) is 5.91. The molecule has 2 aromatic rings. The van der Waals surface area contributed by atoms with E-state index in [0.29, 0.717) is 5.56 Å². The van der Waals surface area contributed by atoms with Crippen molar-refractivity contribution in [3.8, 4) is 0 Å². The molecule has 0 saturated heterocycles. The van der Waals surface area contributed by atoms with Crippen LogP contribution in [0, 0.1) is 11.6 Å². The highest BCUT2D eigenvalue weighted by Crippen LogP contribution is 2.14. The predicted octanol–water partition coefficient (Wildman–Crippen LogP) is 3.38. The van der Waals surface area contributed by atoms with E-state index in [9.17, 15) is 13.6 Å². The Bertz CT molecular complexity index is 626. The molecule has 0 unspecified atom stereocenters. The number of halogens is 2. The van der Waals surface area contributed by atoms with Crippen molar-refractivity contribution in [2.24, 2.45) is 0 Å². The molecule has 2 rings (SSSR count). The third-order valence-corrected chi connectivity index (χ3v) is 2.77. The first kappa shape index (κ1) is 14.1. The van der Waals surface area contributed by atoms with Gasteiger partial charge in [0.25, 0.3) is 0 Å². The highest BCUT2D eigenvalue weighted by Gasteiger charge is 2.09. The van der Waals surface area contributed by atoms with Crippen LogP contribution >= 0.6 is 0 Å². The normalized spacial score (nSPS) is 10.5. The predicted molar refractivity (Wildman–Crippen MR) is 68.3 cm³/mol. The zero-order valence-corrected chi connectivity index (χ0v) is 10.5. The number of aromatic carboxylic acids is 1. The monoisotopic (exact) mass is 278 g/mol. The molecule has 0 spiro atoms. The summed E-state index contributed by atoms with van der Waals surface area (Å²) in [6, 6.07) is 9.74. The van der Waals surface area contributed by atoms with Gasteiger partial charge in [0.2, 0.25) is 0 Å². The molecule has 3 nitrogen and oxygen atoms in total. The Kier molecular flexibility index (Phi) is 4.42. The molecule has 0 heterocycles. The van der Waals surface area contributed by atoms with E-state index >= 15 is 0 Å². The number of ether oxygens (including phenoxy) is 1. The van der Waals surface area contributed by atoms with Gasteiger partial charge in [-0.3, -0.25) is 0 Å². The van der Waals surface area contributed by atoms with E-state index < -0.39 is 11.8 Å². The van der Waals surface area contributed by atoms with Crippen LogP contribution in [0.2, 0.25) is 0 Å². The van der Waals surface area contributed by atoms with E-state index in [4.69, 9.17) is 9.84 Å². The molecule has 0 bridgehead atoms. The summed E-state index contributed by atoms with van der Waals surface area (Å²) < 4.78 is 32.2. The second kappa shape index (κ2) is 6.25. The molecule has 2 aromatic carbocycles. The van der Waals surface area contributed by atoms with Gasteiger partial charge in [0.1, 0.15) is 11.6 Å². The van der Waals surface area contributed by atoms with Crippen LogP contribution < -0.4 is 0 Å². The van der Waals surface area contributed by atoms with E-state index in [1.54, 1.807) is 18.2 Å². The fourth-order valence-corrected chi connectivity index (χ4v) is 1.68. The lowest BCUT2D eigenvalue weighted by molar-refractivity contribution is 0.0695. The molecule has 0 aliphatic heterocycles. The second-order valence-corrected chi connectivity index (χ2v) is 4.20. The molecule has 0 atom stereocenters. The minimum absolute atomic E-state index is 0.0206. The Hall–Kier alpha value is -2.27. The van der Waals surface area contributed by atoms with Gasteiger partial charge >= 0.3 is 5.97 Å². The Balaban J connectivity index is 1.98. The number of carbonyl (C=O) groups is 1. The Labute approximate surface area is 114 Å². The van der Waals surface area contributed by atoms with Crippen LogP contribution in [0.4, 0.5) is 8.78 Å². The van der Waals surface area contributed by atoms with Gasteiger partial charge in [-0.25, -0.2) is 13.6 Å². The van der Waals surface area contributed by atoms with Crippen LogP contribution in [-0.2, 0) is 18.0 Å². The van der Waals surface area contributed by atoms with Crippen LogP contribution in [0.1, 0.15) is 21.5 Å². The minimum atomic E-state index is -1.19. The van der Waals surface area contributed by atoms with E-state index in [1.807, 2.05) is 0 Å². The van der Waals surface area contributed by atoms with E-state index in [0.717, 1.165) is 6.07 Å². The molecule has 1 N–H and O–H groups in total. The number of hydrogen-bond donors (Lipinski definition) is 1. The Morgan fingerprint density at radius 2 is 1.65 bits per heavy atom. The van der Waals surface area contributed by atoms with Crippen molar-refractivity contribution in [2.45, 2.75) is 13.2 Å². The molecule has 0 radical (unpaired) electrons. The summed E-state index contributed by atoms with van der Waals surface area (Å²) >= 11 is 0. The zero-order chi connectivity index (χ0) is 14.5. The lowest BCUT2D eigenvalue weighted by Gasteiger charge is -2.07. The van der Waals surface area contributed by atoms with Crippen molar-refractivity contribution in [3.05, 3.63) is 70.8 Å². The highest BCUT2D eigenvalue weighted by molar-refractivity contribution is 5.87. The van der Waals surface area contributed by atoms with Gasteiger partial charge < -0.3 is 9.84 Å². The quantitative estimate of drug-likeness (QED) is 0.912. The standard InChI is InChI=1S/C15H12F2O3/c16-13-4-2-1-3-11(13)8-20-9-12-6-5-10(15(18)19)7-14(12)17/h1-7H,8-9H2,(H,18,19). The second-order valence-electron chi connectivity index (χ2n) is 4.20. The van der Waals surface area contributed by atoms with E-state index in [1.165, 1.54) is 18.2 Å². The van der Waals surface area contributed by atoms with Crippen LogP contribution in [0.25, 0.3) is 0 Å². The molecule has 0 saturated carbocycles. The van der Waals surface area contributed by atoms with Crippen LogP contribution in [-0.4, -0.2) is 11.1 Å². The third-order valence-electron chi connectivity index (χ3n) is 2.77. The van der Waals surface area contributed by atoms with Crippen molar-refractivity contribution < 1.29 is 23.4 Å². The molecule has 20 heavy (non-hydrogen) atoms. The maximum absolute atomic E-state index is 13.6. The largest absolute Gasteiger partial charge is 0.478 e. The SMILES string of the molecule is O=C(O)c1ccc(COCc2ccccc2F)c(F)c1. The zero-order valence-electron chi connectivity index (χ0n) is 10.5. The summed E-state index contributed by atoms with van der Waals surface area (Å²) in [5, 5.41) is 8.72. The topological polar surface area (TPSA) is 46.5 Å². The van der Waals surface area contributed by atoms with Crippen LogP contribution in [0.5, 0.6) is 0 Å². The van der Waals surface area contributed by atoms with Crippen LogP contribution in [0.15, 0.2) is 42.5 Å². The summed E-state index contributed by atoms with van der Waals surface area (Å²) in [5.41, 5.74) is 0.488. The summed E-state index contributed by atoms with van der Waals surface area (Å²) in [6.07, 6.45) is 0. The maximum Gasteiger partial charge on any atom is 0.335 e. The van der Waals surface area contributed by atoms with Crippen molar-refractivity contribution in [3.63, 3.8) is 0 Å². The Morgan fingerprint density at radius 1 is 1.00 bits per heavy atom. The molecule has 0 aliphatic rings. The van der Waals surface area contributed by atoms with Crippen LogP contribution in [0.3, 0.4) is 0 Å². The number of carboxylic acids is 1. The number of rotatable bonds is 5. The lowest BCUT2D eigenvalue weighted by Crippen LogP contribution is -2.02. The molecule has 0 aliphatic carbocycles. The van der Waals surface area contributed by atoms with Gasteiger partial charge in [-0.15, -0.1) is 0 Å². The molecule has 0 fully saturated rings. The summed E-state index contributed by atoms with van der Waals surface area (Å²) in [5.74, 6) is -2.23. The van der Waals surface area contributed by atoms with E-state index in [-0.39, 0.29) is 30.2 Å². The third kappa shape index (κ3) is 3.39. The van der Waals surface area contributed by atoms with Gasteiger partial charge in [0, 0.05) is 11.1 Å². The molecule has 5 heteroatoms. The first-order valence-corrected chi connectivity index (χ1v) is 5.91. The highest BCUT2D eigenvalue weighted by atomic mass is 19.1. The molecular weight excluding hydrogens is 266 g/mol. The van der Waals surface area contributed by atoms with Crippen molar-refractivity contribution in [1.29, 1.82) is 0 Å². The van der Waals surface area contributed by atoms with Crippen molar-refractivity contribution in [2.75, 3.05) is 0 Å². The number of hydrogen-bond acceptors (Lipinski definition) is 2. The molecule has 0 aromatic heterocycles. The number of carboxylic acid groups (broad SMARTS) is 1. The van der Waals surface area contributed by atoms with Gasteiger partial charge in [0.15, 0.2) is 0 Å². The Morgan fingerprint density at radius 3 is 2.25 bits per heavy atom. The van der Waals surface area contributed by atoms with Gasteiger partial charge in [-0.05, 0) is 18.2 Å². The first-order chi connectivity index (χ1) is 9.58. The summed E-state index contributed by atoms with van der Waals surface area (Å²) in [7, 11) is 0. The van der Waals surface area contributed by atoms with Crippen molar-refractivity contribution >= 4 is 5.97 Å². The van der Waals surface area contributed by atoms with Gasteiger partial charge in [-0.2, -0.15) is 0 Å². The average Bonchev–Trinajstić information content (AvgIpc) is 2.42. The molecule has 104 valence electrons.